The van der Waals surface area contributed by atoms with Crippen molar-refractivity contribution in [1.29, 1.82) is 0 Å². The van der Waals surface area contributed by atoms with E-state index in [1.165, 1.54) is 13.9 Å². The molecule has 0 radical (unpaired) electrons. The van der Waals surface area contributed by atoms with E-state index in [1.807, 2.05) is 0 Å². The molecule has 1 rings (SSSR count). The van der Waals surface area contributed by atoms with E-state index in [2.05, 4.69) is 4.74 Å². The van der Waals surface area contributed by atoms with Gasteiger partial charge < -0.3 is 4.74 Å². The van der Waals surface area contributed by atoms with Crippen molar-refractivity contribution in [3.05, 3.63) is 23.8 Å². The molecule has 1 aromatic carbocycles. The highest BCUT2D eigenvalue weighted by molar-refractivity contribution is 6.32. The molecule has 0 atom stereocenters. The summed E-state index contributed by atoms with van der Waals surface area (Å²) in [6, 6.07) is 2.91. The maximum atomic E-state index is 12.7. The second-order valence-corrected chi connectivity index (χ2v) is 4.61. The first-order chi connectivity index (χ1) is 8.34. The smallest absolute Gasteiger partial charge is 0.427 e. The number of hydrogen-bond donors (Lipinski definition) is 0. The van der Waals surface area contributed by atoms with Gasteiger partial charge in [-0.3, -0.25) is 0 Å². The van der Waals surface area contributed by atoms with Crippen molar-refractivity contribution in [2.75, 3.05) is 0 Å². The van der Waals surface area contributed by atoms with Crippen molar-refractivity contribution in [2.45, 2.75) is 31.8 Å². The van der Waals surface area contributed by atoms with Gasteiger partial charge >= 0.3 is 12.4 Å². The van der Waals surface area contributed by atoms with Crippen molar-refractivity contribution in [1.82, 2.24) is 0 Å². The predicted molar refractivity (Wildman–Crippen MR) is 60.4 cm³/mol. The van der Waals surface area contributed by atoms with Crippen LogP contribution in [0, 0.1) is 0 Å². The Hall–Kier alpha value is -1.34. The molecule has 8 heteroatoms. The fourth-order valence-electron chi connectivity index (χ4n) is 1.29. The highest BCUT2D eigenvalue weighted by Crippen LogP contribution is 2.40. The fourth-order valence-corrected chi connectivity index (χ4v) is 1.29. The molecular formula is C11H11BF6O. The zero-order valence-corrected chi connectivity index (χ0v) is 10.4. The van der Waals surface area contributed by atoms with Crippen LogP contribution in [0.4, 0.5) is 26.3 Å². The third kappa shape index (κ3) is 3.57. The van der Waals surface area contributed by atoms with Crippen LogP contribution >= 0.6 is 0 Å². The quantitative estimate of drug-likeness (QED) is 0.599. The van der Waals surface area contributed by atoms with Crippen molar-refractivity contribution in [3.8, 4) is 5.75 Å². The van der Waals surface area contributed by atoms with Crippen LogP contribution in [0.25, 0.3) is 0 Å². The first-order valence-electron chi connectivity index (χ1n) is 5.28. The summed E-state index contributed by atoms with van der Waals surface area (Å²) in [4.78, 5) is 0. The second kappa shape index (κ2) is 4.65. The molecule has 0 aliphatic rings. The third-order valence-electron chi connectivity index (χ3n) is 2.49. The third-order valence-corrected chi connectivity index (χ3v) is 2.49. The van der Waals surface area contributed by atoms with Gasteiger partial charge in [0, 0.05) is 0 Å². The highest BCUT2D eigenvalue weighted by Gasteiger charge is 2.50. The van der Waals surface area contributed by atoms with Crippen LogP contribution < -0.4 is 10.2 Å². The van der Waals surface area contributed by atoms with Gasteiger partial charge in [-0.05, 0) is 19.9 Å². The minimum Gasteiger partial charge on any atom is -0.478 e. The Balaban J connectivity index is 3.23. The van der Waals surface area contributed by atoms with E-state index in [0.717, 1.165) is 12.1 Å². The van der Waals surface area contributed by atoms with Crippen LogP contribution in [0.3, 0.4) is 0 Å². The van der Waals surface area contributed by atoms with E-state index >= 15 is 0 Å². The molecule has 0 fully saturated rings. The van der Waals surface area contributed by atoms with Crippen molar-refractivity contribution < 1.29 is 31.1 Å². The molecule has 0 saturated heterocycles. The number of ether oxygens (including phenoxy) is 1. The molecule has 0 spiro atoms. The lowest BCUT2D eigenvalue weighted by molar-refractivity contribution is -0.236. The summed E-state index contributed by atoms with van der Waals surface area (Å²) in [5.41, 5.74) is -3.64. The Morgan fingerprint density at radius 3 is 1.95 bits per heavy atom. The van der Waals surface area contributed by atoms with E-state index in [9.17, 15) is 26.3 Å². The largest absolute Gasteiger partial charge is 0.478 e. The zero-order valence-electron chi connectivity index (χ0n) is 10.4. The Kier molecular flexibility index (Phi) is 3.85. The monoisotopic (exact) mass is 284 g/mol. The predicted octanol–water partition coefficient (Wildman–Crippen LogP) is 2.68. The van der Waals surface area contributed by atoms with E-state index in [1.54, 1.807) is 0 Å². The SMILES string of the molecule is Bc1ccc(OC(C)(C)C(F)(F)F)c(C(F)(F)F)c1. The minimum atomic E-state index is -4.78. The Morgan fingerprint density at radius 1 is 1.00 bits per heavy atom. The summed E-state index contributed by atoms with van der Waals surface area (Å²) in [5, 5.41) is 0. The molecule has 106 valence electrons. The Bertz CT molecular complexity index is 463. The van der Waals surface area contributed by atoms with Gasteiger partial charge in [-0.15, -0.1) is 0 Å². The Morgan fingerprint density at radius 2 is 1.53 bits per heavy atom. The van der Waals surface area contributed by atoms with Gasteiger partial charge in [0.05, 0.1) is 5.56 Å². The number of benzene rings is 1. The van der Waals surface area contributed by atoms with Crippen molar-refractivity contribution >= 4 is 13.3 Å². The summed E-state index contributed by atoms with van der Waals surface area (Å²) in [6.07, 6.45) is -9.55. The summed E-state index contributed by atoms with van der Waals surface area (Å²) < 4.78 is 80.6. The standard InChI is InChI=1S/C11H11BF6O/c1-9(2,11(16,17)18)19-8-4-3-6(12)5-7(8)10(13,14)15/h3-5H,12H2,1-2H3. The average molecular weight is 284 g/mol. The molecule has 19 heavy (non-hydrogen) atoms. The van der Waals surface area contributed by atoms with Crippen molar-refractivity contribution in [2.24, 2.45) is 0 Å². The normalized spacial score (nSPS) is 13.5. The molecule has 0 heterocycles. The second-order valence-electron chi connectivity index (χ2n) is 4.61. The average Bonchev–Trinajstić information content (AvgIpc) is 2.17. The molecule has 1 nitrogen and oxygen atoms in total. The molecule has 1 aromatic rings. The molecular weight excluding hydrogens is 273 g/mol. The molecule has 0 amide bonds. The highest BCUT2D eigenvalue weighted by atomic mass is 19.4. The lowest BCUT2D eigenvalue weighted by Gasteiger charge is -2.30. The first kappa shape index (κ1) is 15.7. The van der Waals surface area contributed by atoms with Crippen LogP contribution in [-0.2, 0) is 6.18 Å². The van der Waals surface area contributed by atoms with Crippen LogP contribution in [0.1, 0.15) is 19.4 Å². The van der Waals surface area contributed by atoms with Gasteiger partial charge in [0.2, 0.25) is 0 Å². The molecule has 0 saturated carbocycles. The first-order valence-corrected chi connectivity index (χ1v) is 5.28. The van der Waals surface area contributed by atoms with E-state index in [0.29, 0.717) is 13.8 Å². The molecule has 0 aliphatic heterocycles. The van der Waals surface area contributed by atoms with Gasteiger partial charge in [0.25, 0.3) is 0 Å². The summed E-state index contributed by atoms with van der Waals surface area (Å²) in [7, 11) is 1.41. The number of hydrogen-bond acceptors (Lipinski definition) is 1. The minimum absolute atomic E-state index is 0.282. The zero-order chi connectivity index (χ0) is 15.1. The maximum absolute atomic E-state index is 12.7. The molecule has 0 aliphatic carbocycles. The van der Waals surface area contributed by atoms with Gasteiger partial charge in [0.15, 0.2) is 5.60 Å². The molecule has 0 bridgehead atoms. The van der Waals surface area contributed by atoms with Gasteiger partial charge in [-0.1, -0.05) is 17.6 Å². The van der Waals surface area contributed by atoms with Crippen LogP contribution in [0.2, 0.25) is 0 Å². The van der Waals surface area contributed by atoms with Crippen molar-refractivity contribution in [3.63, 3.8) is 0 Å². The molecule has 0 N–H and O–H groups in total. The number of rotatable bonds is 2. The van der Waals surface area contributed by atoms with E-state index in [-0.39, 0.29) is 5.46 Å². The van der Waals surface area contributed by atoms with Crippen LogP contribution in [0.15, 0.2) is 18.2 Å². The Labute approximate surface area is 107 Å². The lowest BCUT2D eigenvalue weighted by Crippen LogP contribution is -2.45. The topological polar surface area (TPSA) is 9.23 Å². The van der Waals surface area contributed by atoms with E-state index < -0.39 is 29.3 Å². The van der Waals surface area contributed by atoms with Gasteiger partial charge in [-0.25, -0.2) is 0 Å². The van der Waals surface area contributed by atoms with Crippen LogP contribution in [0.5, 0.6) is 5.75 Å². The summed E-state index contributed by atoms with van der Waals surface area (Å²) in [5.74, 6) is -0.833. The lowest BCUT2D eigenvalue weighted by atomic mass is 9.93. The van der Waals surface area contributed by atoms with Gasteiger partial charge in [-0.2, -0.15) is 26.3 Å². The number of alkyl halides is 6. The van der Waals surface area contributed by atoms with Gasteiger partial charge in [0.1, 0.15) is 13.6 Å². The van der Waals surface area contributed by atoms with E-state index in [4.69, 9.17) is 0 Å². The van der Waals surface area contributed by atoms with Crippen LogP contribution in [-0.4, -0.2) is 19.6 Å². The number of halogens is 6. The molecule has 0 aromatic heterocycles. The molecule has 0 unspecified atom stereocenters. The summed E-state index contributed by atoms with van der Waals surface area (Å²) >= 11 is 0. The maximum Gasteiger partial charge on any atom is 0.427 e. The fraction of sp³-hybridized carbons (Fsp3) is 0.455. The summed E-state index contributed by atoms with van der Waals surface area (Å²) in [6.45, 7) is 1.35.